The first kappa shape index (κ1) is 21.9. The summed E-state index contributed by atoms with van der Waals surface area (Å²) in [5.74, 6) is 4.86. The lowest BCUT2D eigenvalue weighted by molar-refractivity contribution is -0.115. The van der Waals surface area contributed by atoms with Crippen LogP contribution in [0.1, 0.15) is 29.2 Å². The summed E-state index contributed by atoms with van der Waals surface area (Å²) in [6.45, 7) is 2.82. The van der Waals surface area contributed by atoms with Gasteiger partial charge in [-0.2, -0.15) is 0 Å². The Balaban J connectivity index is 1.76. The number of anilines is 2. The Hall–Kier alpha value is -4.34. The molecule has 3 aromatic rings. The number of rotatable bonds is 5. The highest BCUT2D eigenvalue weighted by atomic mass is 16.2. The van der Waals surface area contributed by atoms with Crippen LogP contribution in [0, 0.1) is 11.8 Å². The minimum absolute atomic E-state index is 0.205. The summed E-state index contributed by atoms with van der Waals surface area (Å²) in [5, 5.41) is 9.00. The smallest absolute Gasteiger partial charge is 0.296 e. The van der Waals surface area contributed by atoms with Gasteiger partial charge in [0.2, 0.25) is 0 Å². The molecule has 33 heavy (non-hydrogen) atoms. The van der Waals surface area contributed by atoms with Gasteiger partial charge in [-0.3, -0.25) is 9.59 Å². The molecule has 0 spiro atoms. The van der Waals surface area contributed by atoms with Gasteiger partial charge in [-0.1, -0.05) is 54.5 Å². The Labute approximate surface area is 192 Å². The number of nitrogens with one attached hydrogen (secondary N) is 3. The summed E-state index contributed by atoms with van der Waals surface area (Å²) >= 11 is 0. The summed E-state index contributed by atoms with van der Waals surface area (Å²) in [4.78, 5) is 24.7. The van der Waals surface area contributed by atoms with Crippen LogP contribution in [0.5, 0.6) is 0 Å². The molecule has 0 saturated heterocycles. The first-order valence-corrected chi connectivity index (χ1v) is 10.7. The van der Waals surface area contributed by atoms with Crippen molar-refractivity contribution in [1.29, 1.82) is 0 Å². The molecule has 6 nitrogen and oxygen atoms in total. The standard InChI is InChI=1S/C27H24N4O2/c1-2-29-24(32)15-11-18-10-14-22-23(16-18)31-27(33)25(22)26(20-6-4-3-5-7-20)30-21-12-8-19(17-28)9-13-21/h3-10,12-14,16,30H,2,17,28H2,1H3,(H,29,32)(H,31,33)/b26-25-. The van der Waals surface area contributed by atoms with E-state index in [2.05, 4.69) is 27.8 Å². The topological polar surface area (TPSA) is 96.2 Å². The second kappa shape index (κ2) is 9.86. The fraction of sp³-hybridized carbons (Fsp3) is 0.111. The second-order valence-electron chi connectivity index (χ2n) is 7.47. The molecule has 1 aliphatic heterocycles. The van der Waals surface area contributed by atoms with Gasteiger partial charge in [-0.15, -0.1) is 0 Å². The number of carbonyl (C=O) groups excluding carboxylic acids is 2. The van der Waals surface area contributed by atoms with Gasteiger partial charge in [0.25, 0.3) is 11.8 Å². The van der Waals surface area contributed by atoms with Crippen molar-refractivity contribution in [1.82, 2.24) is 5.32 Å². The average molecular weight is 437 g/mol. The van der Waals surface area contributed by atoms with Crippen molar-refractivity contribution in [3.63, 3.8) is 0 Å². The van der Waals surface area contributed by atoms with Crippen molar-refractivity contribution in [3.8, 4) is 11.8 Å². The number of hydrogen-bond donors (Lipinski definition) is 4. The SMILES string of the molecule is CCNC(=O)C#Cc1ccc2c(c1)NC(=O)/C2=C(\Nc1ccc(CN)cc1)c1ccccc1. The van der Waals surface area contributed by atoms with Crippen LogP contribution in [0.2, 0.25) is 0 Å². The van der Waals surface area contributed by atoms with E-state index in [1.165, 1.54) is 0 Å². The van der Waals surface area contributed by atoms with Crippen LogP contribution in [-0.4, -0.2) is 18.4 Å². The molecule has 6 heteroatoms. The zero-order valence-corrected chi connectivity index (χ0v) is 18.2. The molecule has 0 unspecified atom stereocenters. The summed E-state index contributed by atoms with van der Waals surface area (Å²) in [6, 6.07) is 23.0. The lowest BCUT2D eigenvalue weighted by atomic mass is 9.99. The largest absolute Gasteiger partial charge is 0.354 e. The Morgan fingerprint density at radius 2 is 1.79 bits per heavy atom. The maximum atomic E-state index is 13.1. The number of fused-ring (bicyclic) bond motifs is 1. The summed E-state index contributed by atoms with van der Waals surface area (Å²) in [7, 11) is 0. The van der Waals surface area contributed by atoms with Crippen LogP contribution in [0.25, 0.3) is 11.3 Å². The van der Waals surface area contributed by atoms with E-state index < -0.39 is 0 Å². The van der Waals surface area contributed by atoms with Gasteiger partial charge in [-0.25, -0.2) is 0 Å². The van der Waals surface area contributed by atoms with E-state index in [9.17, 15) is 9.59 Å². The lowest BCUT2D eigenvalue weighted by Gasteiger charge is -2.15. The number of amides is 2. The highest BCUT2D eigenvalue weighted by Gasteiger charge is 2.28. The molecule has 0 fully saturated rings. The molecule has 0 radical (unpaired) electrons. The molecule has 0 bridgehead atoms. The number of nitrogens with two attached hydrogens (primary N) is 1. The molecule has 0 atom stereocenters. The molecule has 0 aromatic heterocycles. The molecule has 0 aliphatic carbocycles. The van der Waals surface area contributed by atoms with Crippen LogP contribution < -0.4 is 21.7 Å². The van der Waals surface area contributed by atoms with E-state index in [1.54, 1.807) is 6.07 Å². The molecule has 1 aliphatic rings. The fourth-order valence-electron chi connectivity index (χ4n) is 3.58. The third kappa shape index (κ3) is 4.95. The third-order valence-electron chi connectivity index (χ3n) is 5.19. The van der Waals surface area contributed by atoms with Crippen molar-refractivity contribution in [2.45, 2.75) is 13.5 Å². The van der Waals surface area contributed by atoms with E-state index in [1.807, 2.05) is 73.7 Å². The number of carbonyl (C=O) groups is 2. The first-order chi connectivity index (χ1) is 16.1. The van der Waals surface area contributed by atoms with Crippen molar-refractivity contribution >= 4 is 34.5 Å². The molecule has 1 heterocycles. The molecule has 3 aromatic carbocycles. The van der Waals surface area contributed by atoms with Gasteiger partial charge >= 0.3 is 0 Å². The minimum Gasteiger partial charge on any atom is -0.354 e. The Bertz CT molecular complexity index is 1280. The van der Waals surface area contributed by atoms with Crippen LogP contribution in [0.15, 0.2) is 72.8 Å². The van der Waals surface area contributed by atoms with Crippen molar-refractivity contribution in [2.24, 2.45) is 5.73 Å². The summed E-state index contributed by atoms with van der Waals surface area (Å²) < 4.78 is 0. The fourth-order valence-corrected chi connectivity index (χ4v) is 3.58. The second-order valence-corrected chi connectivity index (χ2v) is 7.47. The molecule has 2 amide bonds. The minimum atomic E-state index is -0.334. The quantitative estimate of drug-likeness (QED) is 0.363. The highest BCUT2D eigenvalue weighted by molar-refractivity contribution is 6.37. The van der Waals surface area contributed by atoms with E-state index in [4.69, 9.17) is 5.73 Å². The normalized spacial score (nSPS) is 13.3. The molecule has 4 rings (SSSR count). The van der Waals surface area contributed by atoms with E-state index in [0.717, 1.165) is 22.4 Å². The number of benzene rings is 3. The maximum Gasteiger partial charge on any atom is 0.296 e. The Morgan fingerprint density at radius 1 is 1.03 bits per heavy atom. The molecule has 0 saturated carbocycles. The predicted molar refractivity (Wildman–Crippen MR) is 132 cm³/mol. The van der Waals surface area contributed by atoms with Crippen molar-refractivity contribution in [3.05, 3.63) is 95.1 Å². The van der Waals surface area contributed by atoms with E-state index in [-0.39, 0.29) is 11.8 Å². The summed E-state index contributed by atoms with van der Waals surface area (Å²) in [5.41, 5.74) is 11.8. The van der Waals surface area contributed by atoms with Gasteiger partial charge < -0.3 is 21.7 Å². The number of hydrogen-bond acceptors (Lipinski definition) is 4. The van der Waals surface area contributed by atoms with Gasteiger partial charge in [0.05, 0.1) is 17.0 Å². The zero-order chi connectivity index (χ0) is 23.2. The summed E-state index contributed by atoms with van der Waals surface area (Å²) in [6.07, 6.45) is 0. The van der Waals surface area contributed by atoms with Crippen LogP contribution >= 0.6 is 0 Å². The molecular weight excluding hydrogens is 412 g/mol. The van der Waals surface area contributed by atoms with E-state index in [0.29, 0.717) is 35.6 Å². The maximum absolute atomic E-state index is 13.1. The van der Waals surface area contributed by atoms with Gasteiger partial charge in [-0.05, 0) is 42.3 Å². The van der Waals surface area contributed by atoms with Crippen LogP contribution in [0.4, 0.5) is 11.4 Å². The lowest BCUT2D eigenvalue weighted by Crippen LogP contribution is -2.20. The Kier molecular flexibility index (Phi) is 6.53. The van der Waals surface area contributed by atoms with Crippen molar-refractivity contribution < 1.29 is 9.59 Å². The van der Waals surface area contributed by atoms with Gasteiger partial charge in [0.15, 0.2) is 0 Å². The van der Waals surface area contributed by atoms with Crippen molar-refractivity contribution in [2.75, 3.05) is 17.2 Å². The van der Waals surface area contributed by atoms with Gasteiger partial charge in [0.1, 0.15) is 0 Å². The molecule has 5 N–H and O–H groups in total. The first-order valence-electron chi connectivity index (χ1n) is 10.7. The van der Waals surface area contributed by atoms with Crippen LogP contribution in [0.3, 0.4) is 0 Å². The monoisotopic (exact) mass is 436 g/mol. The average Bonchev–Trinajstić information content (AvgIpc) is 3.17. The van der Waals surface area contributed by atoms with E-state index >= 15 is 0 Å². The molecular formula is C27H24N4O2. The third-order valence-corrected chi connectivity index (χ3v) is 5.19. The zero-order valence-electron chi connectivity index (χ0n) is 18.2. The highest BCUT2D eigenvalue weighted by Crippen LogP contribution is 2.38. The predicted octanol–water partition coefficient (Wildman–Crippen LogP) is 3.57. The van der Waals surface area contributed by atoms with Gasteiger partial charge in [0, 0.05) is 35.8 Å². The molecule has 164 valence electrons. The van der Waals surface area contributed by atoms with Crippen LogP contribution in [-0.2, 0) is 16.1 Å². The Morgan fingerprint density at radius 3 is 2.48 bits per heavy atom.